The van der Waals surface area contributed by atoms with E-state index in [0.29, 0.717) is 42.4 Å². The van der Waals surface area contributed by atoms with Crippen LogP contribution in [0.4, 0.5) is 17.1 Å². The molecule has 22 heteroatoms. The number of nitrogens with zero attached hydrogens (tertiary/aromatic N) is 4. The maximum absolute atomic E-state index is 13.7. The summed E-state index contributed by atoms with van der Waals surface area (Å²) in [5, 5.41) is 43.4. The number of carbonyl (C=O) groups is 6. The molecule has 0 saturated carbocycles. The first-order valence-corrected chi connectivity index (χ1v) is 20.9. The highest BCUT2D eigenvalue weighted by Gasteiger charge is 2.38. The number of ether oxygens (including phenoxy) is 1. The lowest BCUT2D eigenvalue weighted by Crippen LogP contribution is -2.55. The highest BCUT2D eigenvalue weighted by molar-refractivity contribution is 5.96. The molecule has 0 aliphatic carbocycles. The topological polar surface area (TPSA) is 303 Å². The SMILES string of the molecule is COc1ccc2c(CC(=O)N3CCC[C@H]3C(=O)N[C@@H](CC(C)C)C(=O)NCC(=O)N3CCC[C@H]3C(=O)N[C@H](CCCCNc3ccc([N+](=O)[O-])cc3[N+](=O)[O-])C(=O)O)cc(=O)oc2c1. The molecule has 64 heavy (non-hydrogen) atoms. The standard InChI is InChI=1S/C42H52N8O14/c1-24(2)18-31(46-41(56)32-9-6-16-47(32)36(51)19-25-20-38(53)64-35-22-27(63-3)12-13-28(25)35)39(54)44-23-37(52)48-17-7-10-33(48)40(55)45-30(42(57)58)8-4-5-15-43-29-14-11-26(49(59)60)21-34(29)50(61)62/h11-14,20-22,24,30-33,43H,4-10,15-19,23H2,1-3H3,(H,44,54)(H,45,55)(H,46,56)(H,57,58)/t30-,31+,32+,33+/m1/s1. The van der Waals surface area contributed by atoms with Gasteiger partial charge in [0.25, 0.3) is 11.4 Å². The lowest BCUT2D eigenvalue weighted by Gasteiger charge is -2.28. The Balaban J connectivity index is 1.12. The van der Waals surface area contributed by atoms with E-state index >= 15 is 0 Å². The highest BCUT2D eigenvalue weighted by Crippen LogP contribution is 2.29. The Labute approximate surface area is 366 Å². The van der Waals surface area contributed by atoms with E-state index in [4.69, 9.17) is 9.15 Å². The van der Waals surface area contributed by atoms with Crippen molar-refractivity contribution in [2.24, 2.45) is 5.92 Å². The van der Waals surface area contributed by atoms with Gasteiger partial charge in [-0.05, 0) is 81.0 Å². The predicted molar refractivity (Wildman–Crippen MR) is 228 cm³/mol. The van der Waals surface area contributed by atoms with Gasteiger partial charge in [0.15, 0.2) is 0 Å². The first kappa shape index (κ1) is 47.9. The average Bonchev–Trinajstić information content (AvgIpc) is 3.96. The van der Waals surface area contributed by atoms with Crippen LogP contribution in [0.2, 0.25) is 0 Å². The maximum Gasteiger partial charge on any atom is 0.336 e. The van der Waals surface area contributed by atoms with E-state index in [2.05, 4.69) is 21.3 Å². The summed E-state index contributed by atoms with van der Waals surface area (Å²) in [5.41, 5.74) is -0.847. The minimum absolute atomic E-state index is 0.00335. The minimum atomic E-state index is -1.31. The number of carbonyl (C=O) groups excluding carboxylic acids is 5. The molecule has 3 heterocycles. The zero-order valence-electron chi connectivity index (χ0n) is 35.7. The van der Waals surface area contributed by atoms with Crippen LogP contribution in [0, 0.1) is 26.1 Å². The number of nitro benzene ring substituents is 2. The summed E-state index contributed by atoms with van der Waals surface area (Å²) in [4.78, 5) is 116. The van der Waals surface area contributed by atoms with Crippen LogP contribution in [0.5, 0.6) is 5.75 Å². The number of carboxylic acid groups (broad SMARTS) is 1. The van der Waals surface area contributed by atoms with E-state index in [-0.39, 0.29) is 74.8 Å². The van der Waals surface area contributed by atoms with Crippen LogP contribution in [0.3, 0.4) is 0 Å². The number of amides is 5. The number of hydrogen-bond donors (Lipinski definition) is 5. The number of likely N-dealkylation sites (tertiary alicyclic amines) is 2. The van der Waals surface area contributed by atoms with Gasteiger partial charge >= 0.3 is 11.6 Å². The van der Waals surface area contributed by atoms with E-state index in [1.54, 1.807) is 18.2 Å². The van der Waals surface area contributed by atoms with Crippen LogP contribution in [0.25, 0.3) is 11.0 Å². The van der Waals surface area contributed by atoms with Crippen molar-refractivity contribution in [3.8, 4) is 5.75 Å². The summed E-state index contributed by atoms with van der Waals surface area (Å²) in [5.74, 6) is -3.76. The van der Waals surface area contributed by atoms with E-state index in [1.807, 2.05) is 13.8 Å². The first-order valence-electron chi connectivity index (χ1n) is 20.9. The first-order chi connectivity index (χ1) is 30.5. The molecule has 5 rings (SSSR count). The van der Waals surface area contributed by atoms with Gasteiger partial charge in [-0.2, -0.15) is 0 Å². The van der Waals surface area contributed by atoms with E-state index in [0.717, 1.165) is 12.1 Å². The molecule has 2 aliphatic heterocycles. The number of hydrogen-bond acceptors (Lipinski definition) is 14. The molecule has 2 saturated heterocycles. The van der Waals surface area contributed by atoms with Crippen molar-refractivity contribution in [3.05, 3.63) is 78.7 Å². The molecule has 344 valence electrons. The second-order valence-electron chi connectivity index (χ2n) is 16.1. The molecule has 0 unspecified atom stereocenters. The summed E-state index contributed by atoms with van der Waals surface area (Å²) in [6, 6.07) is 5.05. The zero-order chi connectivity index (χ0) is 46.7. The number of benzene rings is 2. The monoisotopic (exact) mass is 892 g/mol. The van der Waals surface area contributed by atoms with Gasteiger partial charge in [-0.1, -0.05) is 13.8 Å². The quantitative estimate of drug-likeness (QED) is 0.0444. The number of unbranched alkanes of at least 4 members (excludes halogenated alkanes) is 1. The van der Waals surface area contributed by atoms with Crippen LogP contribution in [-0.2, 0) is 35.2 Å². The lowest BCUT2D eigenvalue weighted by atomic mass is 10.0. The molecule has 0 spiro atoms. The fourth-order valence-electron chi connectivity index (χ4n) is 7.94. The molecule has 0 radical (unpaired) electrons. The van der Waals surface area contributed by atoms with Gasteiger partial charge in [0, 0.05) is 43.2 Å². The maximum atomic E-state index is 13.7. The Morgan fingerprint density at radius 1 is 0.875 bits per heavy atom. The molecule has 5 amide bonds. The average molecular weight is 893 g/mol. The van der Waals surface area contributed by atoms with Gasteiger partial charge in [0.2, 0.25) is 29.5 Å². The Morgan fingerprint density at radius 3 is 2.14 bits per heavy atom. The summed E-state index contributed by atoms with van der Waals surface area (Å²) in [7, 11) is 1.47. The van der Waals surface area contributed by atoms with Crippen molar-refractivity contribution in [1.29, 1.82) is 0 Å². The number of aliphatic carboxylic acids is 1. The number of methoxy groups -OCH3 is 1. The third-order valence-corrected chi connectivity index (χ3v) is 11.1. The molecule has 5 N–H and O–H groups in total. The van der Waals surface area contributed by atoms with Gasteiger partial charge in [0.1, 0.15) is 41.2 Å². The number of anilines is 1. The van der Waals surface area contributed by atoms with Crippen molar-refractivity contribution in [3.63, 3.8) is 0 Å². The van der Waals surface area contributed by atoms with Crippen molar-refractivity contribution in [1.82, 2.24) is 25.8 Å². The van der Waals surface area contributed by atoms with Crippen LogP contribution in [0.15, 0.2) is 51.7 Å². The van der Waals surface area contributed by atoms with Crippen molar-refractivity contribution in [2.75, 3.05) is 38.6 Å². The van der Waals surface area contributed by atoms with Gasteiger partial charge in [-0.15, -0.1) is 0 Å². The molecule has 3 aromatic rings. The Morgan fingerprint density at radius 2 is 1.53 bits per heavy atom. The Kier molecular flexibility index (Phi) is 16.3. The van der Waals surface area contributed by atoms with E-state index in [1.165, 1.54) is 29.0 Å². The van der Waals surface area contributed by atoms with Gasteiger partial charge < -0.3 is 45.3 Å². The van der Waals surface area contributed by atoms with Crippen molar-refractivity contribution in [2.45, 2.75) is 95.8 Å². The Hall–Kier alpha value is -7.13. The third-order valence-electron chi connectivity index (χ3n) is 11.1. The minimum Gasteiger partial charge on any atom is -0.497 e. The number of fused-ring (bicyclic) bond motifs is 1. The fourth-order valence-corrected chi connectivity index (χ4v) is 7.94. The summed E-state index contributed by atoms with van der Waals surface area (Å²) in [6.45, 7) is 3.83. The van der Waals surface area contributed by atoms with Gasteiger partial charge in [-0.3, -0.25) is 44.2 Å². The second-order valence-corrected chi connectivity index (χ2v) is 16.1. The molecule has 0 bridgehead atoms. The smallest absolute Gasteiger partial charge is 0.336 e. The number of non-ortho nitro benzene ring substituents is 1. The lowest BCUT2D eigenvalue weighted by molar-refractivity contribution is -0.393. The molecule has 22 nitrogen and oxygen atoms in total. The zero-order valence-corrected chi connectivity index (χ0v) is 35.7. The van der Waals surface area contributed by atoms with Crippen LogP contribution >= 0.6 is 0 Å². The normalized spacial score (nSPS) is 16.8. The van der Waals surface area contributed by atoms with E-state index < -0.39 is 87.2 Å². The summed E-state index contributed by atoms with van der Waals surface area (Å²) < 4.78 is 10.5. The van der Waals surface area contributed by atoms with Crippen molar-refractivity contribution >= 4 is 63.5 Å². The van der Waals surface area contributed by atoms with Crippen LogP contribution < -0.4 is 31.6 Å². The fraction of sp³-hybridized carbons (Fsp3) is 0.500. The second kappa shape index (κ2) is 21.8. The molecular weight excluding hydrogens is 841 g/mol. The van der Waals surface area contributed by atoms with Gasteiger partial charge in [0.05, 0.1) is 36.0 Å². The van der Waals surface area contributed by atoms with E-state index in [9.17, 15) is 58.9 Å². The van der Waals surface area contributed by atoms with Crippen LogP contribution in [0.1, 0.15) is 70.8 Å². The molecule has 2 aromatic carbocycles. The largest absolute Gasteiger partial charge is 0.497 e. The summed E-state index contributed by atoms with van der Waals surface area (Å²) in [6.07, 6.45) is 2.21. The molecule has 2 aliphatic rings. The molecular formula is C42H52N8O14. The molecule has 1 aromatic heterocycles. The number of nitrogens with one attached hydrogen (secondary N) is 4. The molecule has 2 fully saturated rings. The highest BCUT2D eigenvalue weighted by atomic mass is 16.6. The van der Waals surface area contributed by atoms with Gasteiger partial charge in [-0.25, -0.2) is 9.59 Å². The number of rotatable bonds is 21. The third kappa shape index (κ3) is 12.3. The number of nitro groups is 2. The van der Waals surface area contributed by atoms with Crippen LogP contribution in [-0.4, -0.2) is 118 Å². The molecule has 4 atom stereocenters. The van der Waals surface area contributed by atoms with Crippen molar-refractivity contribution < 1.29 is 52.9 Å². The predicted octanol–water partition coefficient (Wildman–Crippen LogP) is 2.64. The Bertz CT molecular complexity index is 2330. The number of carboxylic acids is 1. The summed E-state index contributed by atoms with van der Waals surface area (Å²) >= 11 is 0.